The lowest BCUT2D eigenvalue weighted by molar-refractivity contribution is 0.0915. The second-order valence-corrected chi connectivity index (χ2v) is 5.00. The molecule has 0 bridgehead atoms. The molecular formula is C12H17ClN2O. The van der Waals surface area contributed by atoms with Crippen LogP contribution in [0.4, 0.5) is 0 Å². The molecule has 0 aliphatic carbocycles. The van der Waals surface area contributed by atoms with Crippen molar-refractivity contribution >= 4 is 17.5 Å². The second kappa shape index (κ2) is 4.85. The van der Waals surface area contributed by atoms with Crippen LogP contribution >= 0.6 is 11.6 Å². The molecule has 0 unspecified atom stereocenters. The third kappa shape index (κ3) is 3.51. The van der Waals surface area contributed by atoms with Crippen molar-refractivity contribution in [2.75, 3.05) is 6.54 Å². The van der Waals surface area contributed by atoms with Gasteiger partial charge in [0, 0.05) is 22.7 Å². The molecule has 0 saturated carbocycles. The zero-order valence-electron chi connectivity index (χ0n) is 9.80. The van der Waals surface area contributed by atoms with E-state index in [2.05, 4.69) is 5.32 Å². The maximum Gasteiger partial charge on any atom is 0.251 e. The molecular weight excluding hydrogens is 224 g/mol. The maximum absolute atomic E-state index is 11.9. The summed E-state index contributed by atoms with van der Waals surface area (Å²) in [6.45, 7) is 6.04. The normalized spacial score (nSPS) is 11.3. The van der Waals surface area contributed by atoms with Crippen LogP contribution in [0.2, 0.25) is 5.02 Å². The SMILES string of the molecule is Cc1cc(Cl)cc(C(=O)NC(C)(C)CN)c1. The van der Waals surface area contributed by atoms with E-state index < -0.39 is 5.54 Å². The van der Waals surface area contributed by atoms with Gasteiger partial charge < -0.3 is 11.1 Å². The van der Waals surface area contributed by atoms with Gasteiger partial charge in [0.25, 0.3) is 5.91 Å². The predicted octanol–water partition coefficient (Wildman–Crippen LogP) is 2.12. The highest BCUT2D eigenvalue weighted by molar-refractivity contribution is 6.31. The van der Waals surface area contributed by atoms with Gasteiger partial charge in [0.05, 0.1) is 0 Å². The molecule has 1 aromatic rings. The van der Waals surface area contributed by atoms with Crippen LogP contribution in [-0.4, -0.2) is 18.0 Å². The van der Waals surface area contributed by atoms with Crippen LogP contribution < -0.4 is 11.1 Å². The van der Waals surface area contributed by atoms with Gasteiger partial charge in [-0.2, -0.15) is 0 Å². The molecule has 0 aromatic heterocycles. The Balaban J connectivity index is 2.89. The van der Waals surface area contributed by atoms with E-state index in [-0.39, 0.29) is 5.91 Å². The Kier molecular flexibility index (Phi) is 3.94. The first-order valence-electron chi connectivity index (χ1n) is 5.14. The Hall–Kier alpha value is -1.06. The number of nitrogens with one attached hydrogen (secondary N) is 1. The van der Waals surface area contributed by atoms with Gasteiger partial charge >= 0.3 is 0 Å². The number of amides is 1. The Morgan fingerprint density at radius 2 is 2.06 bits per heavy atom. The minimum Gasteiger partial charge on any atom is -0.346 e. The highest BCUT2D eigenvalue weighted by Gasteiger charge is 2.19. The summed E-state index contributed by atoms with van der Waals surface area (Å²) in [6, 6.07) is 5.26. The average Bonchev–Trinajstić information content (AvgIpc) is 2.15. The minimum atomic E-state index is -0.409. The van der Waals surface area contributed by atoms with E-state index >= 15 is 0 Å². The van der Waals surface area contributed by atoms with Gasteiger partial charge in [-0.15, -0.1) is 0 Å². The van der Waals surface area contributed by atoms with Crippen molar-refractivity contribution in [3.63, 3.8) is 0 Å². The number of benzene rings is 1. The predicted molar refractivity (Wildman–Crippen MR) is 66.8 cm³/mol. The Bertz CT molecular complexity index is 382. The highest BCUT2D eigenvalue weighted by Crippen LogP contribution is 2.15. The topological polar surface area (TPSA) is 55.1 Å². The number of carbonyl (C=O) groups excluding carboxylic acids is 1. The number of halogens is 1. The van der Waals surface area contributed by atoms with Crippen LogP contribution in [0.25, 0.3) is 0 Å². The quantitative estimate of drug-likeness (QED) is 0.850. The number of aryl methyl sites for hydroxylation is 1. The highest BCUT2D eigenvalue weighted by atomic mass is 35.5. The van der Waals surface area contributed by atoms with Crippen molar-refractivity contribution in [3.8, 4) is 0 Å². The standard InChI is InChI=1S/C12H17ClN2O/c1-8-4-9(6-10(13)5-8)11(16)15-12(2,3)7-14/h4-6H,7,14H2,1-3H3,(H,15,16). The molecule has 1 amide bonds. The van der Waals surface area contributed by atoms with E-state index in [9.17, 15) is 4.79 Å². The third-order valence-electron chi connectivity index (χ3n) is 2.27. The molecule has 0 aliphatic heterocycles. The van der Waals surface area contributed by atoms with Gasteiger partial charge in [0.2, 0.25) is 0 Å². The molecule has 0 spiro atoms. The summed E-state index contributed by atoms with van der Waals surface area (Å²) < 4.78 is 0. The molecule has 1 rings (SSSR count). The third-order valence-corrected chi connectivity index (χ3v) is 2.48. The van der Waals surface area contributed by atoms with Crippen molar-refractivity contribution in [3.05, 3.63) is 34.3 Å². The Morgan fingerprint density at radius 3 is 2.56 bits per heavy atom. The minimum absolute atomic E-state index is 0.152. The molecule has 0 radical (unpaired) electrons. The Labute approximate surface area is 101 Å². The van der Waals surface area contributed by atoms with E-state index in [4.69, 9.17) is 17.3 Å². The van der Waals surface area contributed by atoms with E-state index in [1.165, 1.54) is 0 Å². The number of nitrogens with two attached hydrogens (primary N) is 1. The van der Waals surface area contributed by atoms with E-state index in [0.29, 0.717) is 17.1 Å². The van der Waals surface area contributed by atoms with Crippen LogP contribution in [0.5, 0.6) is 0 Å². The van der Waals surface area contributed by atoms with Crippen molar-refractivity contribution < 1.29 is 4.79 Å². The van der Waals surface area contributed by atoms with Gasteiger partial charge in [0.15, 0.2) is 0 Å². The fraction of sp³-hybridized carbons (Fsp3) is 0.417. The molecule has 0 saturated heterocycles. The summed E-state index contributed by atoms with van der Waals surface area (Å²) in [6.07, 6.45) is 0. The zero-order valence-corrected chi connectivity index (χ0v) is 10.6. The van der Waals surface area contributed by atoms with Gasteiger partial charge in [-0.1, -0.05) is 11.6 Å². The molecule has 88 valence electrons. The first kappa shape index (κ1) is 13.0. The summed E-state index contributed by atoms with van der Waals surface area (Å²) in [5, 5.41) is 3.42. The van der Waals surface area contributed by atoms with Gasteiger partial charge in [0.1, 0.15) is 0 Å². The molecule has 4 heteroatoms. The van der Waals surface area contributed by atoms with Crippen molar-refractivity contribution in [1.29, 1.82) is 0 Å². The lowest BCUT2D eigenvalue weighted by atomic mass is 10.0. The first-order valence-corrected chi connectivity index (χ1v) is 5.51. The van der Waals surface area contributed by atoms with Crippen molar-refractivity contribution in [2.24, 2.45) is 5.73 Å². The monoisotopic (exact) mass is 240 g/mol. The lowest BCUT2D eigenvalue weighted by Gasteiger charge is -2.24. The summed E-state index contributed by atoms with van der Waals surface area (Å²) >= 11 is 5.89. The van der Waals surface area contributed by atoms with E-state index in [1.54, 1.807) is 12.1 Å². The summed E-state index contributed by atoms with van der Waals surface area (Å²) in [7, 11) is 0. The fourth-order valence-corrected chi connectivity index (χ4v) is 1.59. The van der Waals surface area contributed by atoms with Crippen LogP contribution in [0, 0.1) is 6.92 Å². The lowest BCUT2D eigenvalue weighted by Crippen LogP contribution is -2.48. The molecule has 1 aromatic carbocycles. The zero-order chi connectivity index (χ0) is 12.3. The number of hydrogen-bond acceptors (Lipinski definition) is 2. The van der Waals surface area contributed by atoms with Crippen LogP contribution in [0.15, 0.2) is 18.2 Å². The number of rotatable bonds is 3. The van der Waals surface area contributed by atoms with Crippen molar-refractivity contribution in [2.45, 2.75) is 26.3 Å². The molecule has 0 aliphatic rings. The second-order valence-electron chi connectivity index (χ2n) is 4.56. The number of hydrogen-bond donors (Lipinski definition) is 2. The van der Waals surface area contributed by atoms with Crippen molar-refractivity contribution in [1.82, 2.24) is 5.32 Å². The van der Waals surface area contributed by atoms with Crippen LogP contribution in [-0.2, 0) is 0 Å². The molecule has 3 nitrogen and oxygen atoms in total. The first-order chi connectivity index (χ1) is 7.34. The van der Waals surface area contributed by atoms with Crippen LogP contribution in [0.1, 0.15) is 29.8 Å². The maximum atomic E-state index is 11.9. The van der Waals surface area contributed by atoms with Gasteiger partial charge in [-0.3, -0.25) is 4.79 Å². The summed E-state index contributed by atoms with van der Waals surface area (Å²) in [5.41, 5.74) is 6.67. The van der Waals surface area contributed by atoms with Crippen LogP contribution in [0.3, 0.4) is 0 Å². The van der Waals surface area contributed by atoms with E-state index in [1.807, 2.05) is 26.8 Å². The molecule has 0 heterocycles. The number of carbonyl (C=O) groups is 1. The molecule has 0 fully saturated rings. The Morgan fingerprint density at radius 1 is 1.44 bits per heavy atom. The van der Waals surface area contributed by atoms with E-state index in [0.717, 1.165) is 5.56 Å². The fourth-order valence-electron chi connectivity index (χ4n) is 1.30. The smallest absolute Gasteiger partial charge is 0.251 e. The largest absolute Gasteiger partial charge is 0.346 e. The molecule has 3 N–H and O–H groups in total. The molecule has 0 atom stereocenters. The molecule has 16 heavy (non-hydrogen) atoms. The summed E-state index contributed by atoms with van der Waals surface area (Å²) in [4.78, 5) is 11.9. The summed E-state index contributed by atoms with van der Waals surface area (Å²) in [5.74, 6) is -0.152. The van der Waals surface area contributed by atoms with Gasteiger partial charge in [-0.25, -0.2) is 0 Å². The van der Waals surface area contributed by atoms with Gasteiger partial charge in [-0.05, 0) is 44.5 Å². The average molecular weight is 241 g/mol.